The van der Waals surface area contributed by atoms with Crippen LogP contribution in [0.5, 0.6) is 0 Å². The average Bonchev–Trinajstić information content (AvgIpc) is 2.68. The van der Waals surface area contributed by atoms with Gasteiger partial charge in [0.05, 0.1) is 5.69 Å². The van der Waals surface area contributed by atoms with Gasteiger partial charge in [0.15, 0.2) is 11.5 Å². The number of amides is 1. The molecule has 0 bridgehead atoms. The normalized spacial score (nSPS) is 10.2. The summed E-state index contributed by atoms with van der Waals surface area (Å²) in [5.41, 5.74) is 3.36. The van der Waals surface area contributed by atoms with E-state index in [4.69, 9.17) is 5.84 Å². The number of carbonyl (C=O) groups excluding carboxylic acids is 1. The molecule has 1 amide bonds. The highest BCUT2D eigenvalue weighted by molar-refractivity contribution is 6.02. The molecular weight excluding hydrogens is 234 g/mol. The van der Waals surface area contributed by atoms with Crippen LogP contribution in [-0.4, -0.2) is 25.9 Å². The second-order valence-corrected chi connectivity index (χ2v) is 3.70. The van der Waals surface area contributed by atoms with E-state index < -0.39 is 0 Å². The van der Waals surface area contributed by atoms with E-state index in [1.165, 1.54) is 6.07 Å². The maximum Gasteiger partial charge on any atom is 0.277 e. The number of hydrazine groups is 1. The van der Waals surface area contributed by atoms with E-state index in [0.29, 0.717) is 11.6 Å². The van der Waals surface area contributed by atoms with E-state index in [1.807, 2.05) is 6.92 Å². The van der Waals surface area contributed by atoms with Gasteiger partial charge in [0, 0.05) is 13.1 Å². The highest BCUT2D eigenvalue weighted by Crippen LogP contribution is 2.09. The van der Waals surface area contributed by atoms with Crippen LogP contribution in [0.15, 0.2) is 18.2 Å². The molecule has 4 N–H and O–H groups in total. The number of aromatic nitrogens is 4. The lowest BCUT2D eigenvalue weighted by molar-refractivity contribution is 0.102. The second kappa shape index (κ2) is 4.80. The Labute approximate surface area is 103 Å². The molecule has 2 aromatic rings. The number of rotatable bonds is 3. The van der Waals surface area contributed by atoms with Crippen LogP contribution in [0, 0.1) is 6.92 Å². The van der Waals surface area contributed by atoms with Gasteiger partial charge in [-0.2, -0.15) is 5.10 Å². The van der Waals surface area contributed by atoms with Crippen LogP contribution >= 0.6 is 0 Å². The first kappa shape index (κ1) is 12.0. The highest BCUT2D eigenvalue weighted by Gasteiger charge is 2.11. The van der Waals surface area contributed by atoms with E-state index in [1.54, 1.807) is 23.9 Å². The first-order valence-corrected chi connectivity index (χ1v) is 5.22. The third-order valence-corrected chi connectivity index (χ3v) is 2.29. The van der Waals surface area contributed by atoms with Crippen molar-refractivity contribution in [1.29, 1.82) is 0 Å². The zero-order valence-corrected chi connectivity index (χ0v) is 10.0. The van der Waals surface area contributed by atoms with Crippen LogP contribution in [0.1, 0.15) is 16.2 Å². The molecule has 2 heterocycles. The van der Waals surface area contributed by atoms with Crippen molar-refractivity contribution in [3.8, 4) is 0 Å². The van der Waals surface area contributed by atoms with Gasteiger partial charge >= 0.3 is 0 Å². The second-order valence-electron chi connectivity index (χ2n) is 3.70. The number of carbonyl (C=O) groups is 1. The predicted octanol–water partition coefficient (Wildman–Crippen LogP) is 0.0564. The summed E-state index contributed by atoms with van der Waals surface area (Å²) in [5, 5.41) is 14.3. The lowest BCUT2D eigenvalue weighted by atomic mass is 10.3. The molecular formula is C10H13N7O. The highest BCUT2D eigenvalue weighted by atomic mass is 16.2. The fourth-order valence-electron chi connectivity index (χ4n) is 1.44. The SMILES string of the molecule is Cc1cc(NC(=O)c2ccc(NN)nn2)n(C)n1. The van der Waals surface area contributed by atoms with Gasteiger partial charge in [0.2, 0.25) is 0 Å². The van der Waals surface area contributed by atoms with Crippen molar-refractivity contribution in [3.63, 3.8) is 0 Å². The predicted molar refractivity (Wildman–Crippen MR) is 65.7 cm³/mol. The largest absolute Gasteiger partial charge is 0.307 e. The van der Waals surface area contributed by atoms with Gasteiger partial charge in [-0.15, -0.1) is 10.2 Å². The van der Waals surface area contributed by atoms with E-state index >= 15 is 0 Å². The van der Waals surface area contributed by atoms with Crippen molar-refractivity contribution in [2.75, 3.05) is 10.7 Å². The number of nitrogen functional groups attached to an aromatic ring is 1. The van der Waals surface area contributed by atoms with Gasteiger partial charge in [-0.25, -0.2) is 5.84 Å². The number of hydrogen-bond acceptors (Lipinski definition) is 6. The summed E-state index contributed by atoms with van der Waals surface area (Å²) in [4.78, 5) is 11.9. The van der Waals surface area contributed by atoms with Crippen molar-refractivity contribution < 1.29 is 4.79 Å². The summed E-state index contributed by atoms with van der Waals surface area (Å²) < 4.78 is 1.58. The summed E-state index contributed by atoms with van der Waals surface area (Å²) in [6.45, 7) is 1.84. The minimum atomic E-state index is -0.353. The third-order valence-electron chi connectivity index (χ3n) is 2.29. The van der Waals surface area contributed by atoms with Gasteiger partial charge in [-0.1, -0.05) is 0 Å². The van der Waals surface area contributed by atoms with Gasteiger partial charge in [-0.3, -0.25) is 9.48 Å². The van der Waals surface area contributed by atoms with Crippen molar-refractivity contribution in [2.45, 2.75) is 6.92 Å². The zero-order valence-electron chi connectivity index (χ0n) is 10.0. The van der Waals surface area contributed by atoms with Crippen molar-refractivity contribution >= 4 is 17.5 Å². The first-order valence-electron chi connectivity index (χ1n) is 5.22. The molecule has 0 spiro atoms. The van der Waals surface area contributed by atoms with Crippen molar-refractivity contribution in [3.05, 3.63) is 29.6 Å². The Bertz CT molecular complexity index is 560. The molecule has 0 aliphatic carbocycles. The quantitative estimate of drug-likeness (QED) is 0.522. The van der Waals surface area contributed by atoms with E-state index in [-0.39, 0.29) is 11.6 Å². The van der Waals surface area contributed by atoms with Crippen LogP contribution in [0.25, 0.3) is 0 Å². The molecule has 0 unspecified atom stereocenters. The fourth-order valence-corrected chi connectivity index (χ4v) is 1.44. The smallest absolute Gasteiger partial charge is 0.277 e. The molecule has 8 heteroatoms. The van der Waals surface area contributed by atoms with Gasteiger partial charge < -0.3 is 10.7 Å². The van der Waals surface area contributed by atoms with E-state index in [2.05, 4.69) is 26.0 Å². The van der Waals surface area contributed by atoms with Crippen LogP contribution in [0.2, 0.25) is 0 Å². The summed E-state index contributed by atoms with van der Waals surface area (Å²) >= 11 is 0. The van der Waals surface area contributed by atoms with Crippen LogP contribution in [0.3, 0.4) is 0 Å². The Kier molecular flexibility index (Phi) is 3.20. The first-order chi connectivity index (χ1) is 8.60. The van der Waals surface area contributed by atoms with Crippen molar-refractivity contribution in [2.24, 2.45) is 12.9 Å². The summed E-state index contributed by atoms with van der Waals surface area (Å²) in [6, 6.07) is 4.86. The minimum Gasteiger partial charge on any atom is -0.307 e. The summed E-state index contributed by atoms with van der Waals surface area (Å²) in [6.07, 6.45) is 0. The molecule has 2 rings (SSSR count). The molecule has 0 fully saturated rings. The average molecular weight is 247 g/mol. The van der Waals surface area contributed by atoms with Gasteiger partial charge in [0.25, 0.3) is 5.91 Å². The zero-order chi connectivity index (χ0) is 13.1. The topological polar surface area (TPSA) is 111 Å². The summed E-state index contributed by atoms with van der Waals surface area (Å²) in [7, 11) is 1.75. The Morgan fingerprint density at radius 3 is 2.67 bits per heavy atom. The number of aryl methyl sites for hydroxylation is 2. The third kappa shape index (κ3) is 2.43. The maximum absolute atomic E-state index is 11.9. The molecule has 0 saturated heterocycles. The Morgan fingerprint density at radius 1 is 1.39 bits per heavy atom. The van der Waals surface area contributed by atoms with Gasteiger partial charge in [0.1, 0.15) is 5.82 Å². The number of nitrogens with two attached hydrogens (primary N) is 1. The lowest BCUT2D eigenvalue weighted by Crippen LogP contribution is -2.17. The molecule has 8 nitrogen and oxygen atoms in total. The Hall–Kier alpha value is -2.48. The molecule has 0 radical (unpaired) electrons. The fraction of sp³-hybridized carbons (Fsp3) is 0.200. The van der Waals surface area contributed by atoms with Crippen LogP contribution in [0.4, 0.5) is 11.6 Å². The number of nitrogens with zero attached hydrogens (tertiary/aromatic N) is 4. The monoisotopic (exact) mass is 247 g/mol. The number of nitrogens with one attached hydrogen (secondary N) is 2. The molecule has 0 aliphatic heterocycles. The van der Waals surface area contributed by atoms with Gasteiger partial charge in [-0.05, 0) is 19.1 Å². The molecule has 18 heavy (non-hydrogen) atoms. The molecule has 2 aromatic heterocycles. The van der Waals surface area contributed by atoms with Crippen molar-refractivity contribution in [1.82, 2.24) is 20.0 Å². The minimum absolute atomic E-state index is 0.202. The standard InChI is InChI=1S/C10H13N7O/c1-6-5-9(17(2)16-6)12-10(18)7-3-4-8(13-11)15-14-7/h3-5H,11H2,1-2H3,(H,12,18)(H,13,15). The van der Waals surface area contributed by atoms with Crippen LogP contribution in [-0.2, 0) is 7.05 Å². The lowest BCUT2D eigenvalue weighted by Gasteiger charge is -2.04. The summed E-state index contributed by atoms with van der Waals surface area (Å²) in [5.74, 6) is 5.79. The maximum atomic E-state index is 11.9. The molecule has 94 valence electrons. The Balaban J connectivity index is 2.14. The molecule has 0 aromatic carbocycles. The molecule has 0 aliphatic rings. The van der Waals surface area contributed by atoms with E-state index in [9.17, 15) is 4.79 Å². The van der Waals surface area contributed by atoms with Crippen LogP contribution < -0.4 is 16.6 Å². The molecule has 0 atom stereocenters. The van der Waals surface area contributed by atoms with E-state index in [0.717, 1.165) is 5.69 Å². The number of hydrogen-bond donors (Lipinski definition) is 3. The molecule has 0 saturated carbocycles. The Morgan fingerprint density at radius 2 is 2.17 bits per heavy atom. The number of anilines is 2.